The first-order chi connectivity index (χ1) is 9.37. The summed E-state index contributed by atoms with van der Waals surface area (Å²) in [6, 6.07) is -0.441. The van der Waals surface area contributed by atoms with E-state index in [0.717, 1.165) is 18.3 Å². The SMILES string of the molecule is C/C=C\C=C/C1=CN(C(=O)OC(C)(C)C)C(C=O)CC1. The fourth-order valence-corrected chi connectivity index (χ4v) is 1.85. The minimum atomic E-state index is -0.573. The predicted molar refractivity (Wildman–Crippen MR) is 79.2 cm³/mol. The molecule has 1 rings (SSSR count). The van der Waals surface area contributed by atoms with Crippen LogP contribution in [0.4, 0.5) is 4.79 Å². The summed E-state index contributed by atoms with van der Waals surface area (Å²) in [5, 5.41) is 0. The van der Waals surface area contributed by atoms with Crippen molar-refractivity contribution in [2.75, 3.05) is 0 Å². The molecule has 0 N–H and O–H groups in total. The molecule has 1 atom stereocenters. The van der Waals surface area contributed by atoms with Crippen LogP contribution in [0.1, 0.15) is 40.5 Å². The van der Waals surface area contributed by atoms with Gasteiger partial charge in [0.15, 0.2) is 0 Å². The van der Waals surface area contributed by atoms with Crippen molar-refractivity contribution >= 4 is 12.4 Å². The maximum Gasteiger partial charge on any atom is 0.415 e. The Morgan fingerprint density at radius 1 is 1.40 bits per heavy atom. The van der Waals surface area contributed by atoms with Gasteiger partial charge in [-0.25, -0.2) is 4.79 Å². The molecule has 4 nitrogen and oxygen atoms in total. The third kappa shape index (κ3) is 5.03. The smallest absolute Gasteiger partial charge is 0.415 e. The van der Waals surface area contributed by atoms with Crippen molar-refractivity contribution in [3.05, 3.63) is 36.1 Å². The van der Waals surface area contributed by atoms with Crippen molar-refractivity contribution in [1.82, 2.24) is 4.90 Å². The van der Waals surface area contributed by atoms with Gasteiger partial charge < -0.3 is 9.53 Å². The molecule has 0 aromatic heterocycles. The van der Waals surface area contributed by atoms with E-state index in [4.69, 9.17) is 4.74 Å². The highest BCUT2D eigenvalue weighted by Crippen LogP contribution is 2.23. The molecule has 1 unspecified atom stereocenters. The van der Waals surface area contributed by atoms with Gasteiger partial charge in [-0.05, 0) is 46.1 Å². The molecule has 20 heavy (non-hydrogen) atoms. The number of rotatable bonds is 3. The second-order valence-corrected chi connectivity index (χ2v) is 5.72. The fraction of sp³-hybridized carbons (Fsp3) is 0.500. The van der Waals surface area contributed by atoms with E-state index in [2.05, 4.69) is 0 Å². The second kappa shape index (κ2) is 7.08. The second-order valence-electron chi connectivity index (χ2n) is 5.72. The Kier molecular flexibility index (Phi) is 5.74. The predicted octanol–water partition coefficient (Wildman–Crippen LogP) is 3.60. The first-order valence-electron chi connectivity index (χ1n) is 6.84. The topological polar surface area (TPSA) is 46.6 Å². The standard InChI is InChI=1S/C16H23NO3/c1-5-6-7-8-13-9-10-14(12-18)17(11-13)15(19)20-16(2,3)4/h5-8,11-12,14H,9-10H2,1-4H3/b6-5-,8-7-. The van der Waals surface area contributed by atoms with Crippen molar-refractivity contribution < 1.29 is 14.3 Å². The van der Waals surface area contributed by atoms with E-state index in [1.807, 2.05) is 31.2 Å². The summed E-state index contributed by atoms with van der Waals surface area (Å²) in [6.07, 6.45) is 11.1. The van der Waals surface area contributed by atoms with Gasteiger partial charge in [-0.15, -0.1) is 0 Å². The van der Waals surface area contributed by atoms with E-state index in [-0.39, 0.29) is 0 Å². The summed E-state index contributed by atoms with van der Waals surface area (Å²) >= 11 is 0. The first kappa shape index (κ1) is 16.2. The lowest BCUT2D eigenvalue weighted by molar-refractivity contribution is -0.112. The lowest BCUT2D eigenvalue weighted by atomic mass is 10.0. The monoisotopic (exact) mass is 277 g/mol. The lowest BCUT2D eigenvalue weighted by Gasteiger charge is -2.31. The Hall–Kier alpha value is -1.84. The third-order valence-electron chi connectivity index (χ3n) is 2.77. The molecule has 0 saturated carbocycles. The van der Waals surface area contributed by atoms with Crippen LogP contribution in [0, 0.1) is 0 Å². The normalized spacial score (nSPS) is 20.3. The highest BCUT2D eigenvalue weighted by Gasteiger charge is 2.29. The van der Waals surface area contributed by atoms with Crippen molar-refractivity contribution in [3.8, 4) is 0 Å². The number of ether oxygens (including phenoxy) is 1. The maximum atomic E-state index is 12.1. The summed E-state index contributed by atoms with van der Waals surface area (Å²) in [7, 11) is 0. The summed E-state index contributed by atoms with van der Waals surface area (Å²) in [6.45, 7) is 7.36. The number of hydrogen-bond acceptors (Lipinski definition) is 3. The van der Waals surface area contributed by atoms with Crippen LogP contribution in [0.5, 0.6) is 0 Å². The largest absolute Gasteiger partial charge is 0.443 e. The third-order valence-corrected chi connectivity index (χ3v) is 2.77. The van der Waals surface area contributed by atoms with Gasteiger partial charge in [-0.3, -0.25) is 4.90 Å². The molecule has 1 aliphatic heterocycles. The van der Waals surface area contributed by atoms with E-state index in [9.17, 15) is 9.59 Å². The molecule has 0 saturated heterocycles. The average molecular weight is 277 g/mol. The quantitative estimate of drug-likeness (QED) is 0.585. The number of hydrogen-bond donors (Lipinski definition) is 0. The Balaban J connectivity index is 2.89. The molecule has 0 aromatic rings. The molecular formula is C16H23NO3. The Morgan fingerprint density at radius 3 is 2.65 bits per heavy atom. The molecule has 0 aromatic carbocycles. The van der Waals surface area contributed by atoms with E-state index in [1.165, 1.54) is 4.90 Å². The summed E-state index contributed by atoms with van der Waals surface area (Å²) in [4.78, 5) is 24.6. The van der Waals surface area contributed by atoms with Crippen LogP contribution in [-0.4, -0.2) is 28.9 Å². The molecule has 0 radical (unpaired) electrons. The number of aldehydes is 1. The number of allylic oxidation sites excluding steroid dienone is 5. The van der Waals surface area contributed by atoms with Crippen LogP contribution >= 0.6 is 0 Å². The van der Waals surface area contributed by atoms with Crippen molar-refractivity contribution in [2.45, 2.75) is 52.2 Å². The van der Waals surface area contributed by atoms with Crippen LogP contribution < -0.4 is 0 Å². The Morgan fingerprint density at radius 2 is 2.10 bits per heavy atom. The van der Waals surface area contributed by atoms with Gasteiger partial charge in [-0.2, -0.15) is 0 Å². The molecule has 1 aliphatic rings. The van der Waals surface area contributed by atoms with Crippen LogP contribution in [-0.2, 0) is 9.53 Å². The lowest BCUT2D eigenvalue weighted by Crippen LogP contribution is -2.42. The minimum absolute atomic E-state index is 0.441. The molecule has 110 valence electrons. The maximum absolute atomic E-state index is 12.1. The first-order valence-corrected chi connectivity index (χ1v) is 6.84. The van der Waals surface area contributed by atoms with Gasteiger partial charge in [-0.1, -0.05) is 24.3 Å². The highest BCUT2D eigenvalue weighted by molar-refractivity contribution is 5.75. The van der Waals surface area contributed by atoms with Gasteiger partial charge in [0.1, 0.15) is 11.9 Å². The zero-order valence-corrected chi connectivity index (χ0v) is 12.6. The van der Waals surface area contributed by atoms with Crippen LogP contribution in [0.15, 0.2) is 36.1 Å². The number of amides is 1. The molecule has 0 fully saturated rings. The molecule has 0 aliphatic carbocycles. The molecule has 1 amide bonds. The molecular weight excluding hydrogens is 254 g/mol. The van der Waals surface area contributed by atoms with Gasteiger partial charge >= 0.3 is 6.09 Å². The van der Waals surface area contributed by atoms with Gasteiger partial charge in [0, 0.05) is 6.20 Å². The molecule has 4 heteroatoms. The summed E-state index contributed by atoms with van der Waals surface area (Å²) in [5.74, 6) is 0. The van der Waals surface area contributed by atoms with Gasteiger partial charge in [0.2, 0.25) is 0 Å². The summed E-state index contributed by atoms with van der Waals surface area (Å²) in [5.41, 5.74) is 0.434. The van der Waals surface area contributed by atoms with Gasteiger partial charge in [0.05, 0.1) is 6.04 Å². The average Bonchev–Trinajstić information content (AvgIpc) is 2.37. The van der Waals surface area contributed by atoms with Crippen molar-refractivity contribution in [1.29, 1.82) is 0 Å². The Labute approximate surface area is 120 Å². The Bertz CT molecular complexity index is 441. The number of carbonyl (C=O) groups excluding carboxylic acids is 2. The zero-order chi connectivity index (χ0) is 15.2. The van der Waals surface area contributed by atoms with Crippen molar-refractivity contribution in [3.63, 3.8) is 0 Å². The number of nitrogens with zero attached hydrogens (tertiary/aromatic N) is 1. The van der Waals surface area contributed by atoms with Crippen LogP contribution in [0.3, 0.4) is 0 Å². The highest BCUT2D eigenvalue weighted by atomic mass is 16.6. The van der Waals surface area contributed by atoms with E-state index in [0.29, 0.717) is 6.42 Å². The van der Waals surface area contributed by atoms with Crippen LogP contribution in [0.2, 0.25) is 0 Å². The molecule has 0 bridgehead atoms. The van der Waals surface area contributed by atoms with Crippen molar-refractivity contribution in [2.24, 2.45) is 0 Å². The van der Waals surface area contributed by atoms with E-state index < -0.39 is 17.7 Å². The summed E-state index contributed by atoms with van der Waals surface area (Å²) < 4.78 is 5.33. The zero-order valence-electron chi connectivity index (χ0n) is 12.6. The fourth-order valence-electron chi connectivity index (χ4n) is 1.85. The van der Waals surface area contributed by atoms with Gasteiger partial charge in [0.25, 0.3) is 0 Å². The van der Waals surface area contributed by atoms with E-state index in [1.54, 1.807) is 27.0 Å². The minimum Gasteiger partial charge on any atom is -0.443 e. The number of carbonyl (C=O) groups is 2. The molecule has 1 heterocycles. The van der Waals surface area contributed by atoms with E-state index >= 15 is 0 Å². The molecule has 0 spiro atoms. The van der Waals surface area contributed by atoms with Crippen LogP contribution in [0.25, 0.3) is 0 Å².